The maximum atomic E-state index is 12.2. The molecule has 1 aromatic carbocycles. The Bertz CT molecular complexity index is 400. The monoisotopic (exact) mass is 259 g/mol. The molecule has 0 atom stereocenters. The summed E-state index contributed by atoms with van der Waals surface area (Å²) >= 11 is 0. The Morgan fingerprint density at radius 3 is 2.21 bits per heavy atom. The van der Waals surface area contributed by atoms with Gasteiger partial charge in [-0.05, 0) is 37.4 Å². The lowest BCUT2D eigenvalue weighted by atomic mass is 9.96. The molecule has 2 heteroatoms. The zero-order valence-electron chi connectivity index (χ0n) is 12.2. The minimum atomic E-state index is 0.238. The molecule has 0 bridgehead atoms. The number of hydrogen-bond donors (Lipinski definition) is 0. The lowest BCUT2D eigenvalue weighted by Crippen LogP contribution is -2.29. The summed E-state index contributed by atoms with van der Waals surface area (Å²) < 4.78 is 0. The molecule has 0 spiro atoms. The molecule has 2 nitrogen and oxygen atoms in total. The molecule has 1 saturated carbocycles. The molecule has 0 radical (unpaired) electrons. The third-order valence-electron chi connectivity index (χ3n) is 4.32. The van der Waals surface area contributed by atoms with Crippen LogP contribution in [0, 0.1) is 0 Å². The van der Waals surface area contributed by atoms with E-state index in [4.69, 9.17) is 0 Å². The number of carbonyl (C=O) groups excluding carboxylic acids is 1. The van der Waals surface area contributed by atoms with Crippen LogP contribution in [-0.4, -0.2) is 30.3 Å². The van der Waals surface area contributed by atoms with Gasteiger partial charge in [-0.25, -0.2) is 0 Å². The largest absolute Gasteiger partial charge is 0.296 e. The Hall–Kier alpha value is -1.15. The maximum absolute atomic E-state index is 12.2. The van der Waals surface area contributed by atoms with Crippen molar-refractivity contribution >= 4 is 5.78 Å². The summed E-state index contributed by atoms with van der Waals surface area (Å²) in [5, 5.41) is 0. The van der Waals surface area contributed by atoms with Crippen LogP contribution in [0.1, 0.15) is 61.4 Å². The number of nitrogens with zero attached hydrogens (tertiary/aromatic N) is 1. The molecule has 0 saturated heterocycles. The normalized spacial score (nSPS) is 16.2. The zero-order chi connectivity index (χ0) is 13.7. The van der Waals surface area contributed by atoms with Gasteiger partial charge in [0.1, 0.15) is 0 Å². The van der Waals surface area contributed by atoms with Gasteiger partial charge in [-0.1, -0.05) is 51.0 Å². The number of hydrogen-bond acceptors (Lipinski definition) is 2. The molecule has 0 aliphatic heterocycles. The van der Waals surface area contributed by atoms with Crippen molar-refractivity contribution in [1.29, 1.82) is 0 Å². The number of Topliss-reactive ketones (excluding diaryl/α,β-unsaturated/α-hetero) is 1. The van der Waals surface area contributed by atoms with Gasteiger partial charge in [0, 0.05) is 5.56 Å². The van der Waals surface area contributed by atoms with Crippen molar-refractivity contribution in [3.63, 3.8) is 0 Å². The maximum Gasteiger partial charge on any atom is 0.176 e. The summed E-state index contributed by atoms with van der Waals surface area (Å²) in [5.74, 6) is 0.966. The highest BCUT2D eigenvalue weighted by molar-refractivity contribution is 5.97. The highest BCUT2D eigenvalue weighted by Crippen LogP contribution is 2.33. The van der Waals surface area contributed by atoms with Crippen molar-refractivity contribution in [2.24, 2.45) is 0 Å². The van der Waals surface area contributed by atoms with Crippen LogP contribution in [0.5, 0.6) is 0 Å². The quantitative estimate of drug-likeness (QED) is 0.723. The predicted molar refractivity (Wildman–Crippen MR) is 79.8 cm³/mol. The van der Waals surface area contributed by atoms with E-state index in [1.807, 2.05) is 12.1 Å². The number of benzene rings is 1. The van der Waals surface area contributed by atoms with E-state index in [0.29, 0.717) is 6.54 Å². The van der Waals surface area contributed by atoms with Crippen LogP contribution in [0.25, 0.3) is 0 Å². The lowest BCUT2D eigenvalue weighted by molar-refractivity contribution is 0.0937. The molecule has 1 aromatic rings. The second-order valence-electron chi connectivity index (χ2n) is 5.49. The van der Waals surface area contributed by atoms with E-state index in [-0.39, 0.29) is 5.78 Å². The summed E-state index contributed by atoms with van der Waals surface area (Å²) in [7, 11) is 0. The predicted octanol–water partition coefficient (Wildman–Crippen LogP) is 3.87. The van der Waals surface area contributed by atoms with Gasteiger partial charge in [-0.2, -0.15) is 0 Å². The number of likely N-dealkylation sites (N-methyl/N-ethyl adjacent to an activating group) is 1. The number of carbonyl (C=O) groups is 1. The number of ketones is 1. The molecule has 1 aliphatic carbocycles. The van der Waals surface area contributed by atoms with Gasteiger partial charge in [-0.3, -0.25) is 9.69 Å². The Morgan fingerprint density at radius 1 is 1.11 bits per heavy atom. The number of rotatable bonds is 6. The molecule has 2 rings (SSSR count). The average Bonchev–Trinajstić information content (AvgIpc) is 2.99. The van der Waals surface area contributed by atoms with Crippen LogP contribution < -0.4 is 0 Å². The molecular formula is C17H25NO. The van der Waals surface area contributed by atoms with Crippen molar-refractivity contribution in [1.82, 2.24) is 4.90 Å². The van der Waals surface area contributed by atoms with Crippen LogP contribution in [0.2, 0.25) is 0 Å². The first-order valence-corrected chi connectivity index (χ1v) is 7.60. The molecule has 0 heterocycles. The third kappa shape index (κ3) is 3.66. The summed E-state index contributed by atoms with van der Waals surface area (Å²) in [6, 6.07) is 8.34. The highest BCUT2D eigenvalue weighted by Gasteiger charge is 2.17. The molecule has 104 valence electrons. The fourth-order valence-corrected chi connectivity index (χ4v) is 2.94. The average molecular weight is 259 g/mol. The fourth-order valence-electron chi connectivity index (χ4n) is 2.94. The van der Waals surface area contributed by atoms with Crippen LogP contribution in [0.15, 0.2) is 24.3 Å². The van der Waals surface area contributed by atoms with E-state index in [1.54, 1.807) is 0 Å². The Labute approximate surface area is 116 Å². The Morgan fingerprint density at radius 2 is 1.68 bits per heavy atom. The molecule has 1 fully saturated rings. The molecule has 1 aliphatic rings. The van der Waals surface area contributed by atoms with Crippen LogP contribution in [0.3, 0.4) is 0 Å². The minimum Gasteiger partial charge on any atom is -0.296 e. The first-order chi connectivity index (χ1) is 9.24. The van der Waals surface area contributed by atoms with E-state index < -0.39 is 0 Å². The molecule has 0 unspecified atom stereocenters. The molecule has 0 N–H and O–H groups in total. The first-order valence-electron chi connectivity index (χ1n) is 7.60. The van der Waals surface area contributed by atoms with Gasteiger partial charge < -0.3 is 0 Å². The second kappa shape index (κ2) is 6.85. The van der Waals surface area contributed by atoms with Gasteiger partial charge in [-0.15, -0.1) is 0 Å². The van der Waals surface area contributed by atoms with Crippen LogP contribution >= 0.6 is 0 Å². The SMILES string of the molecule is CCN(CC)CC(=O)c1ccc(C2CCCC2)cc1. The highest BCUT2D eigenvalue weighted by atomic mass is 16.1. The zero-order valence-corrected chi connectivity index (χ0v) is 12.2. The van der Waals surface area contributed by atoms with Crippen LogP contribution in [0.4, 0.5) is 0 Å². The standard InChI is InChI=1S/C17H25NO/c1-3-18(4-2)13-17(19)16-11-9-15(10-12-16)14-7-5-6-8-14/h9-12,14H,3-8,13H2,1-2H3. The summed E-state index contributed by atoms with van der Waals surface area (Å²) in [5.41, 5.74) is 2.27. The molecule has 0 amide bonds. The second-order valence-corrected chi connectivity index (χ2v) is 5.49. The molecular weight excluding hydrogens is 234 g/mol. The van der Waals surface area contributed by atoms with Crippen molar-refractivity contribution < 1.29 is 4.79 Å². The van der Waals surface area contributed by atoms with Gasteiger partial charge >= 0.3 is 0 Å². The molecule has 19 heavy (non-hydrogen) atoms. The van der Waals surface area contributed by atoms with Crippen molar-refractivity contribution in [2.75, 3.05) is 19.6 Å². The lowest BCUT2D eigenvalue weighted by Gasteiger charge is -2.17. The van der Waals surface area contributed by atoms with Crippen molar-refractivity contribution in [3.8, 4) is 0 Å². The van der Waals surface area contributed by atoms with E-state index in [9.17, 15) is 4.79 Å². The van der Waals surface area contributed by atoms with Gasteiger partial charge in [0.25, 0.3) is 0 Å². The fraction of sp³-hybridized carbons (Fsp3) is 0.588. The smallest absolute Gasteiger partial charge is 0.176 e. The van der Waals surface area contributed by atoms with Gasteiger partial charge in [0.05, 0.1) is 6.54 Å². The van der Waals surface area contributed by atoms with Crippen molar-refractivity contribution in [2.45, 2.75) is 45.4 Å². The van der Waals surface area contributed by atoms with E-state index in [0.717, 1.165) is 24.6 Å². The Balaban J connectivity index is 1.99. The van der Waals surface area contributed by atoms with Crippen molar-refractivity contribution in [3.05, 3.63) is 35.4 Å². The van der Waals surface area contributed by atoms with Gasteiger partial charge in [0.15, 0.2) is 5.78 Å². The van der Waals surface area contributed by atoms with E-state index in [2.05, 4.69) is 30.9 Å². The summed E-state index contributed by atoms with van der Waals surface area (Å²) in [6.45, 7) is 6.60. The third-order valence-corrected chi connectivity index (χ3v) is 4.32. The minimum absolute atomic E-state index is 0.238. The summed E-state index contributed by atoms with van der Waals surface area (Å²) in [4.78, 5) is 14.3. The topological polar surface area (TPSA) is 20.3 Å². The van der Waals surface area contributed by atoms with Gasteiger partial charge in [0.2, 0.25) is 0 Å². The molecule has 0 aromatic heterocycles. The Kier molecular flexibility index (Phi) is 5.15. The summed E-state index contributed by atoms with van der Waals surface area (Å²) in [6.07, 6.45) is 5.33. The van der Waals surface area contributed by atoms with Crippen LogP contribution in [-0.2, 0) is 0 Å². The van der Waals surface area contributed by atoms with E-state index >= 15 is 0 Å². The first kappa shape index (κ1) is 14.3. The van der Waals surface area contributed by atoms with E-state index in [1.165, 1.54) is 31.2 Å².